The lowest BCUT2D eigenvalue weighted by Gasteiger charge is -2.46. The van der Waals surface area contributed by atoms with Crippen LogP contribution in [0.3, 0.4) is 0 Å². The van der Waals surface area contributed by atoms with Crippen molar-refractivity contribution in [3.8, 4) is 0 Å². The van der Waals surface area contributed by atoms with Gasteiger partial charge in [0.15, 0.2) is 6.61 Å². The average Bonchev–Trinajstić information content (AvgIpc) is 2.82. The fourth-order valence-corrected chi connectivity index (χ4v) is 4.25. The summed E-state index contributed by atoms with van der Waals surface area (Å²) in [6, 6.07) is 26.7. The molecule has 0 saturated heterocycles. The fraction of sp³-hybridized carbons (Fsp3) is 0.240. The molecule has 5 nitrogen and oxygen atoms in total. The summed E-state index contributed by atoms with van der Waals surface area (Å²) in [6.45, 7) is 1.58. The molecule has 0 amide bonds. The lowest BCUT2D eigenvalue weighted by molar-refractivity contribution is -0.158. The predicted octanol–water partition coefficient (Wildman–Crippen LogP) is 4.97. The highest BCUT2D eigenvalue weighted by atomic mass is 32.2. The van der Waals surface area contributed by atoms with E-state index in [9.17, 15) is 22.0 Å². The van der Waals surface area contributed by atoms with Gasteiger partial charge in [0.1, 0.15) is 5.41 Å². The molecule has 0 heterocycles. The molecule has 0 aliphatic heterocycles. The zero-order valence-electron chi connectivity index (χ0n) is 18.1. The molecular weight excluding hydrogens is 450 g/mol. The maximum Gasteiger partial charge on any atom is 0.402 e. The third-order valence-electron chi connectivity index (χ3n) is 6.21. The molecule has 0 aliphatic carbocycles. The van der Waals surface area contributed by atoms with Crippen LogP contribution in [0, 0.1) is 0 Å². The number of halogens is 2. The summed E-state index contributed by atoms with van der Waals surface area (Å²) in [6.07, 6.45) is 0. The Morgan fingerprint density at radius 2 is 1.15 bits per heavy atom. The molecule has 1 unspecified atom stereocenters. The molecule has 3 aromatic carbocycles. The van der Waals surface area contributed by atoms with Crippen molar-refractivity contribution < 1.29 is 31.3 Å². The quantitative estimate of drug-likeness (QED) is 0.368. The Morgan fingerprint density at radius 3 is 1.52 bits per heavy atom. The molecule has 1 atom stereocenters. The molecule has 3 rings (SSSR count). The van der Waals surface area contributed by atoms with Crippen molar-refractivity contribution in [1.29, 1.82) is 0 Å². The standard InChI is InChI=1S/C25H24F2O5S/c1-23(19-12-6-3-7-13-19,20-14-8-4-9-15-20)24(2,21-16-10-5-11-17-21)22(28)32-18-25(26,27)33(29,30)31/h3-17H,18H2,1-2H3,(H,29,30,31). The molecular formula is C25H24F2O5S. The third-order valence-corrected chi connectivity index (χ3v) is 7.08. The monoisotopic (exact) mass is 474 g/mol. The molecule has 174 valence electrons. The zero-order valence-corrected chi connectivity index (χ0v) is 18.9. The summed E-state index contributed by atoms with van der Waals surface area (Å²) in [4.78, 5) is 13.6. The number of rotatable bonds is 8. The molecule has 0 saturated carbocycles. The Hall–Kier alpha value is -3.10. The van der Waals surface area contributed by atoms with Crippen LogP contribution in [-0.4, -0.2) is 30.8 Å². The lowest BCUT2D eigenvalue weighted by Crippen LogP contribution is -2.53. The molecule has 8 heteroatoms. The first-order chi connectivity index (χ1) is 15.4. The van der Waals surface area contributed by atoms with Gasteiger partial charge in [0.05, 0.1) is 0 Å². The van der Waals surface area contributed by atoms with Crippen LogP contribution in [-0.2, 0) is 30.5 Å². The summed E-state index contributed by atoms with van der Waals surface area (Å²) < 4.78 is 63.6. The summed E-state index contributed by atoms with van der Waals surface area (Å²) in [5.74, 6) is -1.06. The van der Waals surface area contributed by atoms with Crippen molar-refractivity contribution in [3.05, 3.63) is 108 Å². The van der Waals surface area contributed by atoms with Crippen LogP contribution in [0.4, 0.5) is 8.78 Å². The Bertz CT molecular complexity index is 1160. The van der Waals surface area contributed by atoms with Gasteiger partial charge >= 0.3 is 21.3 Å². The maximum absolute atomic E-state index is 13.9. The Labute approximate surface area is 191 Å². The molecule has 0 aromatic heterocycles. The molecule has 0 bridgehead atoms. The minimum atomic E-state index is -5.76. The minimum absolute atomic E-state index is 0.486. The molecule has 3 aromatic rings. The summed E-state index contributed by atoms with van der Waals surface area (Å²) in [5.41, 5.74) is -0.740. The number of hydrogen-bond donors (Lipinski definition) is 1. The van der Waals surface area contributed by atoms with E-state index in [2.05, 4.69) is 0 Å². The molecule has 33 heavy (non-hydrogen) atoms. The Morgan fingerprint density at radius 1 is 0.788 bits per heavy atom. The topological polar surface area (TPSA) is 80.7 Å². The number of ether oxygens (including phenoxy) is 1. The van der Waals surface area contributed by atoms with Gasteiger partial charge in [-0.3, -0.25) is 9.35 Å². The molecule has 0 radical (unpaired) electrons. The first kappa shape index (κ1) is 24.5. The number of esters is 1. The van der Waals surface area contributed by atoms with Crippen LogP contribution in [0.2, 0.25) is 0 Å². The number of hydrogen-bond acceptors (Lipinski definition) is 4. The van der Waals surface area contributed by atoms with Crippen LogP contribution in [0.5, 0.6) is 0 Å². The van der Waals surface area contributed by atoms with Gasteiger partial charge in [-0.2, -0.15) is 17.2 Å². The molecule has 0 fully saturated rings. The van der Waals surface area contributed by atoms with Crippen LogP contribution in [0.25, 0.3) is 0 Å². The Kier molecular flexibility index (Phi) is 6.72. The van der Waals surface area contributed by atoms with Gasteiger partial charge in [0, 0.05) is 5.41 Å². The van der Waals surface area contributed by atoms with E-state index in [1.807, 2.05) is 43.3 Å². The van der Waals surface area contributed by atoms with Crippen molar-refractivity contribution >= 4 is 16.1 Å². The van der Waals surface area contributed by atoms with E-state index in [0.29, 0.717) is 5.56 Å². The number of carbonyl (C=O) groups is 1. The minimum Gasteiger partial charge on any atom is -0.457 e. The third kappa shape index (κ3) is 4.41. The van der Waals surface area contributed by atoms with Crippen LogP contribution < -0.4 is 0 Å². The maximum atomic E-state index is 13.9. The normalized spacial score (nSPS) is 14.3. The van der Waals surface area contributed by atoms with Gasteiger partial charge in [-0.25, -0.2) is 0 Å². The van der Waals surface area contributed by atoms with Crippen LogP contribution >= 0.6 is 0 Å². The van der Waals surface area contributed by atoms with E-state index < -0.39 is 38.8 Å². The van der Waals surface area contributed by atoms with E-state index in [1.165, 1.54) is 0 Å². The molecule has 1 N–H and O–H groups in total. The first-order valence-corrected chi connectivity index (χ1v) is 11.6. The Balaban J connectivity index is 2.23. The van der Waals surface area contributed by atoms with Crippen LogP contribution in [0.15, 0.2) is 91.0 Å². The number of benzene rings is 3. The van der Waals surface area contributed by atoms with Gasteiger partial charge in [-0.05, 0) is 30.5 Å². The van der Waals surface area contributed by atoms with Crippen molar-refractivity contribution in [2.75, 3.05) is 6.61 Å². The van der Waals surface area contributed by atoms with Gasteiger partial charge in [-0.15, -0.1) is 0 Å². The summed E-state index contributed by atoms with van der Waals surface area (Å²) in [5, 5.41) is -4.64. The number of alkyl halides is 2. The van der Waals surface area contributed by atoms with Gasteiger partial charge in [-0.1, -0.05) is 91.0 Å². The van der Waals surface area contributed by atoms with E-state index in [1.54, 1.807) is 61.5 Å². The van der Waals surface area contributed by atoms with Crippen molar-refractivity contribution in [2.45, 2.75) is 29.9 Å². The van der Waals surface area contributed by atoms with Crippen LogP contribution in [0.1, 0.15) is 30.5 Å². The van der Waals surface area contributed by atoms with Gasteiger partial charge < -0.3 is 4.74 Å². The average molecular weight is 475 g/mol. The fourth-order valence-electron chi connectivity index (χ4n) is 4.04. The van der Waals surface area contributed by atoms with Gasteiger partial charge in [0.25, 0.3) is 0 Å². The summed E-state index contributed by atoms with van der Waals surface area (Å²) in [7, 11) is -5.76. The zero-order chi connectivity index (χ0) is 24.3. The predicted molar refractivity (Wildman–Crippen MR) is 121 cm³/mol. The first-order valence-electron chi connectivity index (χ1n) is 10.1. The lowest BCUT2D eigenvalue weighted by atomic mass is 9.56. The van der Waals surface area contributed by atoms with Crippen molar-refractivity contribution in [2.24, 2.45) is 0 Å². The van der Waals surface area contributed by atoms with Gasteiger partial charge in [0.2, 0.25) is 0 Å². The molecule has 0 aliphatic rings. The molecule has 0 spiro atoms. The van der Waals surface area contributed by atoms with E-state index >= 15 is 0 Å². The highest BCUT2D eigenvalue weighted by Crippen LogP contribution is 2.49. The van der Waals surface area contributed by atoms with E-state index in [4.69, 9.17) is 9.29 Å². The van der Waals surface area contributed by atoms with E-state index in [-0.39, 0.29) is 0 Å². The second-order valence-electron chi connectivity index (χ2n) is 8.04. The van der Waals surface area contributed by atoms with Crippen molar-refractivity contribution in [1.82, 2.24) is 0 Å². The SMILES string of the molecule is CC(C(=O)OCC(F)(F)S(=O)(=O)O)(c1ccccc1)C(C)(c1ccccc1)c1ccccc1. The van der Waals surface area contributed by atoms with E-state index in [0.717, 1.165) is 11.1 Å². The summed E-state index contributed by atoms with van der Waals surface area (Å²) >= 11 is 0. The van der Waals surface area contributed by atoms with Crippen molar-refractivity contribution in [3.63, 3.8) is 0 Å². The largest absolute Gasteiger partial charge is 0.457 e. The second-order valence-corrected chi connectivity index (χ2v) is 9.58. The number of carbonyl (C=O) groups excluding carboxylic acids is 1. The second kappa shape index (κ2) is 9.03. The highest BCUT2D eigenvalue weighted by molar-refractivity contribution is 7.86. The smallest absolute Gasteiger partial charge is 0.402 e. The highest BCUT2D eigenvalue weighted by Gasteiger charge is 2.55.